The fourth-order valence-electron chi connectivity index (χ4n) is 2.99. The Kier molecular flexibility index (Phi) is 2.26. The van der Waals surface area contributed by atoms with Crippen molar-refractivity contribution in [3.8, 4) is 0 Å². The second-order valence-electron chi connectivity index (χ2n) is 6.32. The SMILES string of the molecule is CC1C2(NC(=O)OC(C)(C)C)CC1(C(=O)O)C2. The van der Waals surface area contributed by atoms with E-state index in [1.165, 1.54) is 0 Å². The molecule has 1 atom stereocenters. The summed E-state index contributed by atoms with van der Waals surface area (Å²) in [7, 11) is 0. The first-order valence-electron chi connectivity index (χ1n) is 5.86. The minimum Gasteiger partial charge on any atom is -0.481 e. The van der Waals surface area contributed by atoms with Crippen LogP contribution in [0.25, 0.3) is 0 Å². The van der Waals surface area contributed by atoms with Crippen molar-refractivity contribution < 1.29 is 19.4 Å². The molecule has 0 aromatic heterocycles. The molecule has 0 aromatic rings. The zero-order chi connectivity index (χ0) is 13.1. The normalized spacial score (nSPS) is 38.7. The van der Waals surface area contributed by atoms with Crippen LogP contribution in [0.2, 0.25) is 0 Å². The van der Waals surface area contributed by atoms with Crippen LogP contribution in [0.4, 0.5) is 4.79 Å². The third kappa shape index (κ3) is 1.59. The number of carboxylic acids is 1. The van der Waals surface area contributed by atoms with Gasteiger partial charge in [-0.1, -0.05) is 6.92 Å². The van der Waals surface area contributed by atoms with E-state index in [-0.39, 0.29) is 11.5 Å². The van der Waals surface area contributed by atoms with Gasteiger partial charge in [0.05, 0.1) is 5.41 Å². The van der Waals surface area contributed by atoms with Crippen molar-refractivity contribution in [3.63, 3.8) is 0 Å². The number of rotatable bonds is 2. The zero-order valence-corrected chi connectivity index (χ0v) is 10.7. The highest BCUT2D eigenvalue weighted by atomic mass is 16.6. The fraction of sp³-hybridized carbons (Fsp3) is 0.833. The Morgan fingerprint density at radius 2 is 1.88 bits per heavy atom. The highest BCUT2D eigenvalue weighted by Crippen LogP contribution is 2.71. The van der Waals surface area contributed by atoms with Crippen LogP contribution in [0.5, 0.6) is 0 Å². The molecule has 96 valence electrons. The van der Waals surface area contributed by atoms with Gasteiger partial charge >= 0.3 is 12.1 Å². The summed E-state index contributed by atoms with van der Waals surface area (Å²) in [6.07, 6.45) is 0.592. The molecule has 0 aromatic carbocycles. The molecule has 0 aliphatic heterocycles. The van der Waals surface area contributed by atoms with E-state index in [1.54, 1.807) is 20.8 Å². The van der Waals surface area contributed by atoms with Crippen LogP contribution < -0.4 is 5.32 Å². The Morgan fingerprint density at radius 3 is 2.24 bits per heavy atom. The molecule has 5 nitrogen and oxygen atoms in total. The van der Waals surface area contributed by atoms with E-state index in [0.717, 1.165) is 0 Å². The third-order valence-electron chi connectivity index (χ3n) is 4.10. The lowest BCUT2D eigenvalue weighted by atomic mass is 9.33. The highest BCUT2D eigenvalue weighted by molar-refractivity contribution is 5.82. The van der Waals surface area contributed by atoms with Crippen molar-refractivity contribution in [1.29, 1.82) is 0 Å². The lowest BCUT2D eigenvalue weighted by Crippen LogP contribution is -2.83. The number of amides is 1. The molecular weight excluding hydrogens is 222 g/mol. The highest BCUT2D eigenvalue weighted by Gasteiger charge is 2.78. The van der Waals surface area contributed by atoms with Crippen molar-refractivity contribution in [2.75, 3.05) is 0 Å². The number of hydrogen-bond acceptors (Lipinski definition) is 3. The van der Waals surface area contributed by atoms with Gasteiger partial charge in [-0.05, 0) is 39.5 Å². The number of alkyl carbamates (subject to hydrolysis) is 1. The Balaban J connectivity index is 1.92. The number of carbonyl (C=O) groups is 2. The van der Waals surface area contributed by atoms with Gasteiger partial charge in [-0.25, -0.2) is 4.79 Å². The molecule has 3 fully saturated rings. The maximum Gasteiger partial charge on any atom is 0.408 e. The van der Waals surface area contributed by atoms with Crippen LogP contribution in [-0.4, -0.2) is 28.3 Å². The first kappa shape index (κ1) is 12.2. The maximum atomic E-state index is 11.6. The van der Waals surface area contributed by atoms with Gasteiger partial charge < -0.3 is 15.2 Å². The molecule has 1 amide bonds. The molecule has 3 rings (SSSR count). The number of nitrogens with one attached hydrogen (secondary N) is 1. The van der Waals surface area contributed by atoms with Gasteiger partial charge in [-0.15, -0.1) is 0 Å². The monoisotopic (exact) mass is 241 g/mol. The molecule has 0 saturated heterocycles. The lowest BCUT2D eigenvalue weighted by Gasteiger charge is -2.72. The molecule has 0 spiro atoms. The standard InChI is InChI=1S/C12H19NO4/c1-7-11(8(14)15)5-12(7,6-11)13-9(16)17-10(2,3)4/h7H,5-6H2,1-4H3,(H,13,16)(H,14,15). The van der Waals surface area contributed by atoms with E-state index in [0.29, 0.717) is 12.8 Å². The number of aliphatic carboxylic acids is 1. The molecule has 2 N–H and O–H groups in total. The van der Waals surface area contributed by atoms with Crippen LogP contribution in [-0.2, 0) is 9.53 Å². The molecule has 1 unspecified atom stereocenters. The summed E-state index contributed by atoms with van der Waals surface area (Å²) < 4.78 is 5.18. The molecule has 2 bridgehead atoms. The number of carbonyl (C=O) groups excluding carboxylic acids is 1. The molecule has 3 saturated carbocycles. The van der Waals surface area contributed by atoms with Gasteiger partial charge in [-0.3, -0.25) is 4.79 Å². The van der Waals surface area contributed by atoms with Crippen molar-refractivity contribution in [1.82, 2.24) is 5.32 Å². The molecule has 3 aliphatic carbocycles. The minimum absolute atomic E-state index is 0.0139. The first-order valence-corrected chi connectivity index (χ1v) is 5.86. The fourth-order valence-corrected chi connectivity index (χ4v) is 2.99. The Hall–Kier alpha value is -1.26. The van der Waals surface area contributed by atoms with Crippen LogP contribution in [0.3, 0.4) is 0 Å². The summed E-state index contributed by atoms with van der Waals surface area (Å²) in [6, 6.07) is 0. The van der Waals surface area contributed by atoms with Gasteiger partial charge in [0.1, 0.15) is 5.60 Å². The van der Waals surface area contributed by atoms with Crippen LogP contribution >= 0.6 is 0 Å². The summed E-state index contributed by atoms with van der Waals surface area (Å²) in [5.74, 6) is -0.766. The molecule has 5 heteroatoms. The molecule has 0 heterocycles. The molecule has 17 heavy (non-hydrogen) atoms. The van der Waals surface area contributed by atoms with Crippen LogP contribution in [0.1, 0.15) is 40.5 Å². The van der Waals surface area contributed by atoms with Crippen molar-refractivity contribution in [3.05, 3.63) is 0 Å². The zero-order valence-electron chi connectivity index (χ0n) is 10.7. The van der Waals surface area contributed by atoms with E-state index < -0.39 is 23.1 Å². The smallest absolute Gasteiger partial charge is 0.408 e. The summed E-state index contributed by atoms with van der Waals surface area (Å²) in [5, 5.41) is 11.9. The summed E-state index contributed by atoms with van der Waals surface area (Å²) in [6.45, 7) is 7.28. The van der Waals surface area contributed by atoms with Crippen molar-refractivity contribution in [2.45, 2.75) is 51.7 Å². The summed E-state index contributed by atoms with van der Waals surface area (Å²) >= 11 is 0. The van der Waals surface area contributed by atoms with E-state index >= 15 is 0 Å². The lowest BCUT2D eigenvalue weighted by molar-refractivity contribution is -0.231. The number of ether oxygens (including phenoxy) is 1. The Morgan fingerprint density at radius 1 is 1.35 bits per heavy atom. The molecular formula is C12H19NO4. The van der Waals surface area contributed by atoms with E-state index in [2.05, 4.69) is 5.32 Å². The number of hydrogen-bond donors (Lipinski definition) is 2. The molecule has 3 aliphatic rings. The third-order valence-corrected chi connectivity index (χ3v) is 4.10. The summed E-state index contributed by atoms with van der Waals surface area (Å²) in [5.41, 5.74) is -1.48. The van der Waals surface area contributed by atoms with Gasteiger partial charge in [0.25, 0.3) is 0 Å². The van der Waals surface area contributed by atoms with Crippen molar-refractivity contribution in [2.24, 2.45) is 11.3 Å². The molecule has 0 radical (unpaired) electrons. The summed E-state index contributed by atoms with van der Waals surface area (Å²) in [4.78, 5) is 22.7. The predicted octanol–water partition coefficient (Wildman–Crippen LogP) is 1.76. The largest absolute Gasteiger partial charge is 0.481 e. The predicted molar refractivity (Wildman–Crippen MR) is 60.6 cm³/mol. The average Bonchev–Trinajstić information content (AvgIpc) is 2.07. The second-order valence-corrected chi connectivity index (χ2v) is 6.32. The van der Waals surface area contributed by atoms with E-state index in [9.17, 15) is 9.59 Å². The van der Waals surface area contributed by atoms with Gasteiger partial charge in [-0.2, -0.15) is 0 Å². The van der Waals surface area contributed by atoms with Crippen LogP contribution in [0.15, 0.2) is 0 Å². The van der Waals surface area contributed by atoms with E-state index in [1.807, 2.05) is 6.92 Å². The Labute approximate surface area is 101 Å². The van der Waals surface area contributed by atoms with Gasteiger partial charge in [0.2, 0.25) is 0 Å². The first-order chi connectivity index (χ1) is 7.61. The minimum atomic E-state index is -0.752. The quantitative estimate of drug-likeness (QED) is 0.772. The van der Waals surface area contributed by atoms with Gasteiger partial charge in [0.15, 0.2) is 0 Å². The second kappa shape index (κ2) is 3.15. The topological polar surface area (TPSA) is 75.6 Å². The van der Waals surface area contributed by atoms with Crippen LogP contribution in [0, 0.1) is 11.3 Å². The van der Waals surface area contributed by atoms with Crippen molar-refractivity contribution >= 4 is 12.1 Å². The average molecular weight is 241 g/mol. The Bertz CT molecular complexity index is 376. The van der Waals surface area contributed by atoms with E-state index in [4.69, 9.17) is 9.84 Å². The maximum absolute atomic E-state index is 11.6. The number of carboxylic acid groups (broad SMARTS) is 1. The van der Waals surface area contributed by atoms with Gasteiger partial charge in [0, 0.05) is 5.54 Å².